The topological polar surface area (TPSA) is 241 Å². The Labute approximate surface area is 178 Å². The van der Waals surface area contributed by atoms with E-state index < -0.39 is 35.8 Å². The van der Waals surface area contributed by atoms with E-state index in [1.807, 2.05) is 0 Å². The van der Waals surface area contributed by atoms with Crippen molar-refractivity contribution in [2.45, 2.75) is 0 Å². The molecule has 0 aliphatic heterocycles. The van der Waals surface area contributed by atoms with Crippen molar-refractivity contribution in [3.05, 3.63) is 0 Å². The molecule has 21 heavy (non-hydrogen) atoms. The van der Waals surface area contributed by atoms with Gasteiger partial charge in [-0.2, -0.15) is 0 Å². The third-order valence-electron chi connectivity index (χ3n) is 0.500. The van der Waals surface area contributed by atoms with Crippen molar-refractivity contribution < 1.29 is 145 Å². The molecular weight excluding hydrogens is 401 g/mol. The van der Waals surface area contributed by atoms with Crippen LogP contribution >= 0.6 is 0 Å². The first-order chi connectivity index (χ1) is 7.93. The second-order valence-corrected chi connectivity index (χ2v) is 1.72. The Hall–Kier alpha value is -0.297. The molecule has 0 saturated heterocycles. The van der Waals surface area contributed by atoms with Crippen LogP contribution in [0.15, 0.2) is 0 Å². The second kappa shape index (κ2) is 22.0. The fourth-order valence-corrected chi connectivity index (χ4v) is 0. The number of carboxylic acid groups (broad SMARTS) is 6. The van der Waals surface area contributed by atoms with Gasteiger partial charge >= 0.3 is 85.3 Å². The maximum atomic E-state index is 8.93. The number of hydrogen-bond acceptors (Lipinski definition) is 12. The minimum absolute atomic E-state index is 0. The average Bonchev–Trinajstić information content (AvgIpc) is 2.18. The number of carbonyl (C=O) groups is 6. The van der Waals surface area contributed by atoms with Crippen LogP contribution in [0.25, 0.3) is 0 Å². The fraction of sp³-hybridized carbons (Fsp3) is 0. The average molecular weight is 401 g/mol. The Kier molecular flexibility index (Phi) is 38.9. The summed E-state index contributed by atoms with van der Waals surface area (Å²) in [4.78, 5) is 53.6. The zero-order valence-corrected chi connectivity index (χ0v) is 16.9. The summed E-state index contributed by atoms with van der Waals surface area (Å²) < 4.78 is 0. The molecule has 102 valence electrons. The number of aliphatic carboxylic acids is 6. The molecule has 15 heteroatoms. The molecule has 0 aromatic heterocycles. The summed E-state index contributed by atoms with van der Waals surface area (Å²) in [5.74, 6) is -13.1. The second-order valence-electron chi connectivity index (χ2n) is 1.72. The van der Waals surface area contributed by atoms with E-state index in [-0.39, 0.29) is 85.3 Å². The molecule has 12 nitrogen and oxygen atoms in total. The maximum Gasteiger partial charge on any atom is 4.00 e. The summed E-state index contributed by atoms with van der Waals surface area (Å²) in [5.41, 5.74) is 0. The van der Waals surface area contributed by atoms with E-state index in [9.17, 15) is 0 Å². The Morgan fingerprint density at radius 3 is 0.429 bits per heavy atom. The van der Waals surface area contributed by atoms with E-state index >= 15 is 0 Å². The SMILES string of the molecule is O=C([O-])C(=O)[O-].O=C([O-])C(=O)[O-].O=C([O-])C(=O)[O-].[Na+].[Na+].[Zr+4]. The van der Waals surface area contributed by atoms with Gasteiger partial charge in [0.05, 0.1) is 35.8 Å². The predicted octanol–water partition coefficient (Wildman–Crippen LogP) is -16.5. The summed E-state index contributed by atoms with van der Waals surface area (Å²) in [5, 5.41) is 53.6. The first-order valence-corrected chi connectivity index (χ1v) is 3.20. The molecule has 0 rings (SSSR count). The number of carboxylic acids is 6. The Bertz CT molecular complexity index is 287. The molecule has 0 aliphatic rings. The number of hydrogen-bond donors (Lipinski definition) is 0. The van der Waals surface area contributed by atoms with E-state index in [4.69, 9.17) is 59.4 Å². The van der Waals surface area contributed by atoms with Crippen molar-refractivity contribution in [2.75, 3.05) is 0 Å². The molecule has 0 aromatic carbocycles. The Morgan fingerprint density at radius 2 is 0.429 bits per heavy atom. The van der Waals surface area contributed by atoms with Crippen LogP contribution < -0.4 is 89.8 Å². The van der Waals surface area contributed by atoms with Gasteiger partial charge in [-0.3, -0.25) is 0 Å². The molecule has 0 radical (unpaired) electrons. The molecular formula is C6Na2O12Zr. The largest absolute Gasteiger partial charge is 4.00 e. The predicted molar refractivity (Wildman–Crippen MR) is 30.0 cm³/mol. The van der Waals surface area contributed by atoms with Gasteiger partial charge in [-0.1, -0.05) is 0 Å². The van der Waals surface area contributed by atoms with Crippen molar-refractivity contribution in [3.8, 4) is 0 Å². The smallest absolute Gasteiger partial charge is 0.543 e. The molecule has 0 atom stereocenters. The van der Waals surface area contributed by atoms with Crippen LogP contribution in [0.1, 0.15) is 0 Å². The van der Waals surface area contributed by atoms with Gasteiger partial charge in [-0.15, -0.1) is 0 Å². The minimum atomic E-state index is -2.19. The normalized spacial score (nSPS) is 6.29. The van der Waals surface area contributed by atoms with Crippen LogP contribution in [-0.4, -0.2) is 35.8 Å². The molecule has 0 spiro atoms. The van der Waals surface area contributed by atoms with Gasteiger partial charge in [0, 0.05) is 0 Å². The van der Waals surface area contributed by atoms with Crippen LogP contribution in [0, 0.1) is 0 Å². The monoisotopic (exact) mass is 400 g/mol. The van der Waals surface area contributed by atoms with Gasteiger partial charge in [-0.05, 0) is 0 Å². The Morgan fingerprint density at radius 1 is 0.381 bits per heavy atom. The van der Waals surface area contributed by atoms with Gasteiger partial charge in [0.1, 0.15) is 0 Å². The van der Waals surface area contributed by atoms with Crippen molar-refractivity contribution in [2.24, 2.45) is 0 Å². The van der Waals surface area contributed by atoms with Crippen LogP contribution in [0.3, 0.4) is 0 Å². The van der Waals surface area contributed by atoms with Gasteiger partial charge in [0.25, 0.3) is 0 Å². The summed E-state index contributed by atoms with van der Waals surface area (Å²) in [6.07, 6.45) is 0. The molecule has 0 amide bonds. The van der Waals surface area contributed by atoms with Crippen LogP contribution in [-0.2, 0) is 55.0 Å². The maximum absolute atomic E-state index is 8.93. The summed E-state index contributed by atoms with van der Waals surface area (Å²) >= 11 is 0. The molecule has 0 aromatic rings. The van der Waals surface area contributed by atoms with E-state index in [2.05, 4.69) is 0 Å². The van der Waals surface area contributed by atoms with Crippen molar-refractivity contribution >= 4 is 35.8 Å². The van der Waals surface area contributed by atoms with Gasteiger partial charge in [0.15, 0.2) is 0 Å². The third-order valence-corrected chi connectivity index (χ3v) is 0.500. The third kappa shape index (κ3) is 45.1. The molecule has 0 saturated carbocycles. The van der Waals surface area contributed by atoms with E-state index in [0.29, 0.717) is 0 Å². The first-order valence-electron chi connectivity index (χ1n) is 3.20. The van der Waals surface area contributed by atoms with Crippen LogP contribution in [0.2, 0.25) is 0 Å². The van der Waals surface area contributed by atoms with Gasteiger partial charge in [0.2, 0.25) is 0 Å². The van der Waals surface area contributed by atoms with Crippen molar-refractivity contribution in [3.63, 3.8) is 0 Å². The van der Waals surface area contributed by atoms with E-state index in [0.717, 1.165) is 0 Å². The summed E-state index contributed by atoms with van der Waals surface area (Å²) in [6, 6.07) is 0. The van der Waals surface area contributed by atoms with Crippen molar-refractivity contribution in [1.82, 2.24) is 0 Å². The zero-order chi connectivity index (χ0) is 15.5. The van der Waals surface area contributed by atoms with E-state index in [1.54, 1.807) is 0 Å². The Balaban J connectivity index is -0.0000000375. The zero-order valence-electron chi connectivity index (χ0n) is 10.4. The number of carbonyl (C=O) groups excluding carboxylic acids is 6. The molecule has 0 unspecified atom stereocenters. The number of rotatable bonds is 0. The molecule has 0 heterocycles. The summed E-state index contributed by atoms with van der Waals surface area (Å²) in [6.45, 7) is 0. The standard InChI is InChI=1S/3C2H2O4.2Na.Zr/c3*3-1(4)2(5)6;;;/h3*(H,3,4)(H,5,6);;;/q;;;2*+1;+4/p-6. The summed E-state index contributed by atoms with van der Waals surface area (Å²) in [7, 11) is 0. The van der Waals surface area contributed by atoms with Gasteiger partial charge in [-0.25, -0.2) is 0 Å². The molecule has 0 N–H and O–H groups in total. The minimum Gasteiger partial charge on any atom is -0.543 e. The quantitative estimate of drug-likeness (QED) is 0.271. The van der Waals surface area contributed by atoms with E-state index in [1.165, 1.54) is 0 Å². The van der Waals surface area contributed by atoms with Gasteiger partial charge < -0.3 is 59.4 Å². The molecule has 0 fully saturated rings. The molecule has 0 aliphatic carbocycles. The van der Waals surface area contributed by atoms with Crippen LogP contribution in [0.4, 0.5) is 0 Å². The molecule has 0 bridgehead atoms. The fourth-order valence-electron chi connectivity index (χ4n) is 0. The first kappa shape index (κ1) is 37.2. The van der Waals surface area contributed by atoms with Crippen LogP contribution in [0.5, 0.6) is 0 Å². The van der Waals surface area contributed by atoms with Crippen molar-refractivity contribution in [1.29, 1.82) is 0 Å².